The SMILES string of the molecule is C[C@@H](OC(=O)C1=NNC(=O)CC1)C(=O)Nc1ccccc1F. The summed E-state index contributed by atoms with van der Waals surface area (Å²) in [5.74, 6) is -2.34. The lowest BCUT2D eigenvalue weighted by atomic mass is 10.2. The van der Waals surface area contributed by atoms with E-state index in [1.807, 2.05) is 0 Å². The van der Waals surface area contributed by atoms with E-state index in [9.17, 15) is 18.8 Å². The van der Waals surface area contributed by atoms with Gasteiger partial charge in [0.1, 0.15) is 11.5 Å². The smallest absolute Gasteiger partial charge is 0.355 e. The predicted molar refractivity (Wildman–Crippen MR) is 75.4 cm³/mol. The Morgan fingerprint density at radius 3 is 2.73 bits per heavy atom. The molecule has 1 aliphatic rings. The van der Waals surface area contributed by atoms with E-state index < -0.39 is 23.8 Å². The molecule has 0 aromatic heterocycles. The molecule has 0 unspecified atom stereocenters. The van der Waals surface area contributed by atoms with Crippen molar-refractivity contribution >= 4 is 29.2 Å². The number of anilines is 1. The first kappa shape index (κ1) is 15.6. The van der Waals surface area contributed by atoms with Crippen LogP contribution in [0.25, 0.3) is 0 Å². The highest BCUT2D eigenvalue weighted by Crippen LogP contribution is 2.13. The van der Waals surface area contributed by atoms with Crippen LogP contribution >= 0.6 is 0 Å². The first-order valence-electron chi connectivity index (χ1n) is 6.59. The number of hydrogen-bond acceptors (Lipinski definition) is 5. The molecule has 1 atom stereocenters. The highest BCUT2D eigenvalue weighted by Gasteiger charge is 2.24. The molecule has 22 heavy (non-hydrogen) atoms. The fraction of sp³-hybridized carbons (Fsp3) is 0.286. The average molecular weight is 307 g/mol. The van der Waals surface area contributed by atoms with Crippen LogP contribution in [-0.4, -0.2) is 29.6 Å². The molecule has 7 nitrogen and oxygen atoms in total. The number of benzene rings is 1. The minimum absolute atomic E-state index is 0.00216. The van der Waals surface area contributed by atoms with E-state index in [1.165, 1.54) is 25.1 Å². The van der Waals surface area contributed by atoms with Gasteiger partial charge in [-0.25, -0.2) is 14.6 Å². The highest BCUT2D eigenvalue weighted by atomic mass is 19.1. The summed E-state index contributed by atoms with van der Waals surface area (Å²) in [5.41, 5.74) is 2.19. The Morgan fingerprint density at radius 2 is 2.09 bits per heavy atom. The third-order valence-corrected chi connectivity index (χ3v) is 2.92. The van der Waals surface area contributed by atoms with Crippen LogP contribution in [0.1, 0.15) is 19.8 Å². The number of rotatable bonds is 4. The second-order valence-corrected chi connectivity index (χ2v) is 4.61. The van der Waals surface area contributed by atoms with Crippen molar-refractivity contribution in [1.29, 1.82) is 0 Å². The number of carbonyl (C=O) groups is 3. The van der Waals surface area contributed by atoms with Crippen molar-refractivity contribution in [3.8, 4) is 0 Å². The molecule has 0 fully saturated rings. The molecule has 8 heteroatoms. The largest absolute Gasteiger partial charge is 0.448 e. The molecule has 2 amide bonds. The molecule has 116 valence electrons. The van der Waals surface area contributed by atoms with Gasteiger partial charge in [0.05, 0.1) is 5.69 Å². The number of hydrazone groups is 1. The maximum Gasteiger partial charge on any atom is 0.355 e. The maximum atomic E-state index is 13.4. The number of amides is 2. The van der Waals surface area contributed by atoms with E-state index in [2.05, 4.69) is 15.8 Å². The molecule has 0 saturated heterocycles. The maximum absolute atomic E-state index is 13.4. The van der Waals surface area contributed by atoms with Gasteiger partial charge in [-0.1, -0.05) is 12.1 Å². The van der Waals surface area contributed by atoms with Crippen molar-refractivity contribution < 1.29 is 23.5 Å². The Morgan fingerprint density at radius 1 is 1.36 bits per heavy atom. The van der Waals surface area contributed by atoms with Gasteiger partial charge in [-0.3, -0.25) is 9.59 Å². The fourth-order valence-corrected chi connectivity index (χ4v) is 1.70. The van der Waals surface area contributed by atoms with Crippen LogP contribution in [0.15, 0.2) is 29.4 Å². The van der Waals surface area contributed by atoms with Gasteiger partial charge in [0.2, 0.25) is 5.91 Å². The van der Waals surface area contributed by atoms with Gasteiger partial charge in [0.15, 0.2) is 6.10 Å². The molecular formula is C14H14FN3O4. The van der Waals surface area contributed by atoms with E-state index in [0.717, 1.165) is 0 Å². The number of nitrogens with zero attached hydrogens (tertiary/aromatic N) is 1. The molecular weight excluding hydrogens is 293 g/mol. The first-order valence-corrected chi connectivity index (χ1v) is 6.59. The van der Waals surface area contributed by atoms with Gasteiger partial charge in [-0.15, -0.1) is 0 Å². The summed E-state index contributed by atoms with van der Waals surface area (Å²) in [5, 5.41) is 5.90. The van der Waals surface area contributed by atoms with Crippen molar-refractivity contribution in [2.45, 2.75) is 25.9 Å². The van der Waals surface area contributed by atoms with Crippen LogP contribution < -0.4 is 10.7 Å². The van der Waals surface area contributed by atoms with Crippen LogP contribution in [0.4, 0.5) is 10.1 Å². The number of para-hydroxylation sites is 1. The van der Waals surface area contributed by atoms with Gasteiger partial charge in [0, 0.05) is 12.8 Å². The summed E-state index contributed by atoms with van der Waals surface area (Å²) in [6.07, 6.45) is -0.858. The fourth-order valence-electron chi connectivity index (χ4n) is 1.70. The van der Waals surface area contributed by atoms with Crippen LogP contribution in [0.5, 0.6) is 0 Å². The van der Waals surface area contributed by atoms with Crippen molar-refractivity contribution in [1.82, 2.24) is 5.43 Å². The summed E-state index contributed by atoms with van der Waals surface area (Å²) in [6.45, 7) is 1.36. The average Bonchev–Trinajstić information content (AvgIpc) is 2.50. The van der Waals surface area contributed by atoms with E-state index in [1.54, 1.807) is 6.07 Å². The molecule has 1 aliphatic heterocycles. The summed E-state index contributed by atoms with van der Waals surface area (Å²) in [7, 11) is 0. The number of halogens is 1. The molecule has 2 N–H and O–H groups in total. The van der Waals surface area contributed by atoms with Gasteiger partial charge < -0.3 is 10.1 Å². The van der Waals surface area contributed by atoms with Crippen LogP contribution in [0, 0.1) is 5.82 Å². The Bertz CT molecular complexity index is 645. The number of ether oxygens (including phenoxy) is 1. The van der Waals surface area contributed by atoms with Crippen molar-refractivity contribution in [2.24, 2.45) is 5.10 Å². The zero-order valence-electron chi connectivity index (χ0n) is 11.8. The molecule has 0 spiro atoms. The van der Waals surface area contributed by atoms with Gasteiger partial charge in [-0.05, 0) is 19.1 Å². The predicted octanol–water partition coefficient (Wildman–Crippen LogP) is 0.962. The van der Waals surface area contributed by atoms with Crippen molar-refractivity contribution in [2.75, 3.05) is 5.32 Å². The molecule has 0 bridgehead atoms. The van der Waals surface area contributed by atoms with Gasteiger partial charge in [0.25, 0.3) is 5.91 Å². The number of esters is 1. The van der Waals surface area contributed by atoms with E-state index >= 15 is 0 Å². The van der Waals surface area contributed by atoms with Crippen LogP contribution in [0.2, 0.25) is 0 Å². The third-order valence-electron chi connectivity index (χ3n) is 2.92. The molecule has 2 rings (SSSR count). The Kier molecular flexibility index (Phi) is 4.82. The van der Waals surface area contributed by atoms with Gasteiger partial charge >= 0.3 is 5.97 Å². The Hall–Kier alpha value is -2.77. The first-order chi connectivity index (χ1) is 10.5. The minimum atomic E-state index is -1.13. The standard InChI is InChI=1S/C14H14FN3O4/c1-8(13(20)16-10-5-3-2-4-9(10)15)22-14(21)11-6-7-12(19)18-17-11/h2-5,8H,6-7H2,1H3,(H,16,20)(H,18,19)/t8-/m1/s1. The zero-order valence-corrected chi connectivity index (χ0v) is 11.8. The summed E-state index contributed by atoms with van der Waals surface area (Å²) >= 11 is 0. The summed E-state index contributed by atoms with van der Waals surface area (Å²) in [4.78, 5) is 34.6. The molecule has 0 saturated carbocycles. The quantitative estimate of drug-likeness (QED) is 0.810. The summed E-state index contributed by atoms with van der Waals surface area (Å²) < 4.78 is 18.4. The Balaban J connectivity index is 1.93. The normalized spacial score (nSPS) is 15.4. The lowest BCUT2D eigenvalue weighted by Gasteiger charge is -2.16. The second-order valence-electron chi connectivity index (χ2n) is 4.61. The number of hydrogen-bond donors (Lipinski definition) is 2. The van der Waals surface area contributed by atoms with Crippen LogP contribution in [0.3, 0.4) is 0 Å². The lowest BCUT2D eigenvalue weighted by molar-refractivity contribution is -0.146. The second kappa shape index (κ2) is 6.79. The van der Waals surface area contributed by atoms with E-state index in [-0.39, 0.29) is 30.1 Å². The topological polar surface area (TPSA) is 96.9 Å². The molecule has 1 aromatic carbocycles. The summed E-state index contributed by atoms with van der Waals surface area (Å²) in [6, 6.07) is 5.65. The third kappa shape index (κ3) is 3.87. The zero-order chi connectivity index (χ0) is 16.1. The van der Waals surface area contributed by atoms with E-state index in [4.69, 9.17) is 4.74 Å². The van der Waals surface area contributed by atoms with Gasteiger partial charge in [-0.2, -0.15) is 5.10 Å². The number of carbonyl (C=O) groups excluding carboxylic acids is 3. The molecule has 0 aliphatic carbocycles. The Labute approximate surface area is 125 Å². The number of nitrogens with one attached hydrogen (secondary N) is 2. The van der Waals surface area contributed by atoms with Crippen molar-refractivity contribution in [3.63, 3.8) is 0 Å². The lowest BCUT2D eigenvalue weighted by Crippen LogP contribution is -2.35. The molecule has 0 radical (unpaired) electrons. The van der Waals surface area contributed by atoms with Crippen molar-refractivity contribution in [3.05, 3.63) is 30.1 Å². The minimum Gasteiger partial charge on any atom is -0.448 e. The molecule has 1 heterocycles. The van der Waals surface area contributed by atoms with Crippen LogP contribution in [-0.2, 0) is 19.1 Å². The molecule has 1 aromatic rings. The monoisotopic (exact) mass is 307 g/mol. The highest BCUT2D eigenvalue weighted by molar-refractivity contribution is 6.37. The van der Waals surface area contributed by atoms with E-state index in [0.29, 0.717) is 0 Å².